The number of hydrogen-bond acceptors (Lipinski definition) is 4. The molecule has 4 nitrogen and oxygen atoms in total. The Balaban J connectivity index is 1.67. The van der Waals surface area contributed by atoms with E-state index in [9.17, 15) is 0 Å². The second-order valence-corrected chi connectivity index (χ2v) is 7.60. The molecule has 1 unspecified atom stereocenters. The zero-order valence-corrected chi connectivity index (χ0v) is 12.5. The van der Waals surface area contributed by atoms with Crippen molar-refractivity contribution < 1.29 is 0 Å². The molecule has 2 N–H and O–H groups in total. The first-order chi connectivity index (χ1) is 9.56. The Morgan fingerprint density at radius 3 is 2.00 bits per heavy atom. The lowest BCUT2D eigenvalue weighted by Gasteiger charge is -2.58. The summed E-state index contributed by atoms with van der Waals surface area (Å²) in [5.41, 5.74) is 8.79. The Bertz CT molecular complexity index is 504. The van der Waals surface area contributed by atoms with Crippen LogP contribution < -0.4 is 5.73 Å². The maximum atomic E-state index is 6.65. The van der Waals surface area contributed by atoms with Crippen molar-refractivity contribution in [3.05, 3.63) is 17.2 Å². The summed E-state index contributed by atoms with van der Waals surface area (Å²) in [6.45, 7) is 3.95. The first kappa shape index (κ1) is 12.7. The summed E-state index contributed by atoms with van der Waals surface area (Å²) in [7, 11) is 0. The highest BCUT2D eigenvalue weighted by Gasteiger charge is 2.54. The monoisotopic (exact) mass is 272 g/mol. The average molecular weight is 272 g/mol. The summed E-state index contributed by atoms with van der Waals surface area (Å²) in [4.78, 5) is 4.63. The number of rotatable bonds is 2. The molecule has 0 aliphatic heterocycles. The third kappa shape index (κ3) is 1.80. The molecule has 4 bridgehead atoms. The molecule has 1 aromatic rings. The molecular weight excluding hydrogens is 248 g/mol. The van der Waals surface area contributed by atoms with Crippen LogP contribution in [0, 0.1) is 37.0 Å². The lowest BCUT2D eigenvalue weighted by Crippen LogP contribution is -2.51. The van der Waals surface area contributed by atoms with Gasteiger partial charge >= 0.3 is 0 Å². The van der Waals surface area contributed by atoms with Crippen LogP contribution in [0.3, 0.4) is 0 Å². The van der Waals surface area contributed by atoms with Crippen molar-refractivity contribution >= 4 is 0 Å². The molecule has 4 aliphatic rings. The average Bonchev–Trinajstić information content (AvgIpc) is 2.39. The van der Waals surface area contributed by atoms with Crippen molar-refractivity contribution in [3.8, 4) is 0 Å². The highest BCUT2D eigenvalue weighted by atomic mass is 15.2. The van der Waals surface area contributed by atoms with Crippen LogP contribution in [0.15, 0.2) is 0 Å². The Morgan fingerprint density at radius 2 is 1.50 bits per heavy atom. The molecule has 1 heterocycles. The van der Waals surface area contributed by atoms with Gasteiger partial charge in [-0.05, 0) is 75.5 Å². The van der Waals surface area contributed by atoms with Crippen LogP contribution in [-0.4, -0.2) is 15.2 Å². The highest BCUT2D eigenvalue weighted by Crippen LogP contribution is 2.63. The van der Waals surface area contributed by atoms with Gasteiger partial charge in [-0.25, -0.2) is 4.98 Å². The molecular formula is C16H24N4. The molecule has 1 aromatic heterocycles. The van der Waals surface area contributed by atoms with Crippen molar-refractivity contribution in [3.63, 3.8) is 0 Å². The summed E-state index contributed by atoms with van der Waals surface area (Å²) in [6, 6.07) is -0.0253. The topological polar surface area (TPSA) is 64.7 Å². The normalized spacial score (nSPS) is 40.0. The van der Waals surface area contributed by atoms with E-state index in [1.807, 2.05) is 13.8 Å². The minimum atomic E-state index is -0.0253. The van der Waals surface area contributed by atoms with Gasteiger partial charge in [0.2, 0.25) is 0 Å². The third-order valence-corrected chi connectivity index (χ3v) is 6.13. The molecule has 5 rings (SSSR count). The predicted molar refractivity (Wildman–Crippen MR) is 76.8 cm³/mol. The van der Waals surface area contributed by atoms with E-state index in [4.69, 9.17) is 5.73 Å². The van der Waals surface area contributed by atoms with Gasteiger partial charge in [-0.1, -0.05) is 0 Å². The largest absolute Gasteiger partial charge is 0.321 e. The van der Waals surface area contributed by atoms with E-state index < -0.39 is 0 Å². The van der Waals surface area contributed by atoms with Gasteiger partial charge in [0.25, 0.3) is 0 Å². The van der Waals surface area contributed by atoms with E-state index >= 15 is 0 Å². The Labute approximate surface area is 120 Å². The molecule has 4 aliphatic carbocycles. The summed E-state index contributed by atoms with van der Waals surface area (Å²) < 4.78 is 0. The molecule has 0 aromatic carbocycles. The number of hydrogen-bond donors (Lipinski definition) is 1. The summed E-state index contributed by atoms with van der Waals surface area (Å²) in [6.07, 6.45) is 8.19. The van der Waals surface area contributed by atoms with Gasteiger partial charge in [-0.15, -0.1) is 5.10 Å². The fraction of sp³-hybridized carbons (Fsp3) is 0.812. The molecule has 0 spiro atoms. The van der Waals surface area contributed by atoms with Gasteiger partial charge in [-0.2, -0.15) is 5.10 Å². The Morgan fingerprint density at radius 1 is 0.950 bits per heavy atom. The van der Waals surface area contributed by atoms with Crippen LogP contribution in [-0.2, 0) is 0 Å². The minimum absolute atomic E-state index is 0.0253. The zero-order valence-electron chi connectivity index (χ0n) is 12.5. The maximum absolute atomic E-state index is 6.65. The summed E-state index contributed by atoms with van der Waals surface area (Å²) >= 11 is 0. The summed E-state index contributed by atoms with van der Waals surface area (Å²) in [5.74, 6) is 3.50. The Hall–Kier alpha value is -1.03. The zero-order chi connectivity index (χ0) is 13.9. The fourth-order valence-electron chi connectivity index (χ4n) is 5.44. The number of aryl methyl sites for hydroxylation is 2. The summed E-state index contributed by atoms with van der Waals surface area (Å²) in [5, 5.41) is 8.54. The molecule has 0 radical (unpaired) electrons. The van der Waals surface area contributed by atoms with Crippen LogP contribution in [0.25, 0.3) is 0 Å². The van der Waals surface area contributed by atoms with E-state index in [1.165, 1.54) is 38.5 Å². The van der Waals surface area contributed by atoms with E-state index in [0.717, 1.165) is 35.0 Å². The van der Waals surface area contributed by atoms with E-state index in [-0.39, 0.29) is 11.5 Å². The standard InChI is InChI=1S/C16H24N4/c1-9-10(2)19-20-15(18-9)14(17)16-6-11-3-12(7-16)5-13(4-11)8-16/h11-14H,3-8,17H2,1-2H3. The van der Waals surface area contributed by atoms with Crippen molar-refractivity contribution in [2.45, 2.75) is 58.4 Å². The molecule has 0 saturated heterocycles. The van der Waals surface area contributed by atoms with Gasteiger partial charge in [0, 0.05) is 0 Å². The van der Waals surface area contributed by atoms with Crippen molar-refractivity contribution in [1.29, 1.82) is 0 Å². The highest BCUT2D eigenvalue weighted by molar-refractivity contribution is 5.13. The van der Waals surface area contributed by atoms with Gasteiger partial charge in [0.15, 0.2) is 5.82 Å². The fourth-order valence-corrected chi connectivity index (χ4v) is 5.44. The minimum Gasteiger partial charge on any atom is -0.321 e. The van der Waals surface area contributed by atoms with Crippen LogP contribution in [0.1, 0.15) is 61.8 Å². The van der Waals surface area contributed by atoms with Crippen LogP contribution >= 0.6 is 0 Å². The lowest BCUT2D eigenvalue weighted by molar-refractivity contribution is -0.0693. The van der Waals surface area contributed by atoms with Gasteiger partial charge in [0.05, 0.1) is 17.4 Å². The van der Waals surface area contributed by atoms with Crippen LogP contribution in [0.5, 0.6) is 0 Å². The lowest BCUT2D eigenvalue weighted by atomic mass is 9.47. The van der Waals surface area contributed by atoms with Crippen LogP contribution in [0.2, 0.25) is 0 Å². The van der Waals surface area contributed by atoms with Gasteiger partial charge < -0.3 is 5.73 Å². The van der Waals surface area contributed by atoms with E-state index in [0.29, 0.717) is 0 Å². The smallest absolute Gasteiger partial charge is 0.168 e. The molecule has 4 saturated carbocycles. The van der Waals surface area contributed by atoms with E-state index in [2.05, 4.69) is 15.2 Å². The number of aromatic nitrogens is 3. The number of nitrogens with two attached hydrogens (primary N) is 1. The molecule has 1 atom stereocenters. The van der Waals surface area contributed by atoms with Crippen molar-refractivity contribution in [2.75, 3.05) is 0 Å². The predicted octanol–water partition coefficient (Wildman–Crippen LogP) is 2.70. The quantitative estimate of drug-likeness (QED) is 0.899. The first-order valence-electron chi connectivity index (χ1n) is 7.99. The van der Waals surface area contributed by atoms with Crippen molar-refractivity contribution in [1.82, 2.24) is 15.2 Å². The van der Waals surface area contributed by atoms with Crippen LogP contribution in [0.4, 0.5) is 0 Å². The third-order valence-electron chi connectivity index (χ3n) is 6.13. The number of nitrogens with zero attached hydrogens (tertiary/aromatic N) is 3. The molecule has 20 heavy (non-hydrogen) atoms. The second-order valence-electron chi connectivity index (χ2n) is 7.60. The van der Waals surface area contributed by atoms with E-state index in [1.54, 1.807) is 0 Å². The SMILES string of the molecule is Cc1nnc(C(N)C23CC4CC(CC(C4)C2)C3)nc1C. The molecule has 108 valence electrons. The maximum Gasteiger partial charge on any atom is 0.168 e. The first-order valence-corrected chi connectivity index (χ1v) is 7.99. The van der Waals surface area contributed by atoms with Gasteiger partial charge in [0.1, 0.15) is 0 Å². The van der Waals surface area contributed by atoms with Crippen molar-refractivity contribution in [2.24, 2.45) is 28.9 Å². The Kier molecular flexibility index (Phi) is 2.69. The second kappa shape index (κ2) is 4.23. The molecule has 4 heteroatoms. The molecule has 4 fully saturated rings. The molecule has 0 amide bonds. The van der Waals surface area contributed by atoms with Gasteiger partial charge in [-0.3, -0.25) is 0 Å².